The van der Waals surface area contributed by atoms with Gasteiger partial charge in [0.1, 0.15) is 5.82 Å². The molecule has 0 spiro atoms. The molecule has 0 unspecified atom stereocenters. The lowest BCUT2D eigenvalue weighted by Gasteiger charge is -2.23. The topological polar surface area (TPSA) is 24.9 Å². The molecule has 82 valence electrons. The molecule has 0 amide bonds. The maximum Gasteiger partial charge on any atom is 0.125 e. The minimum atomic E-state index is 0.481. The van der Waals surface area contributed by atoms with Crippen molar-refractivity contribution in [2.75, 3.05) is 11.9 Å². The third-order valence-corrected chi connectivity index (χ3v) is 3.70. The third kappa shape index (κ3) is 2.94. The van der Waals surface area contributed by atoms with Gasteiger partial charge in [0.2, 0.25) is 0 Å². The Balaban J connectivity index is 1.90. The molecular weight excluding hydrogens is 252 g/mol. The Morgan fingerprint density at radius 3 is 2.73 bits per heavy atom. The Hall–Kier alpha value is -0.570. The van der Waals surface area contributed by atoms with Crippen LogP contribution in [0, 0.1) is 5.41 Å². The van der Waals surface area contributed by atoms with Crippen molar-refractivity contribution in [1.29, 1.82) is 0 Å². The highest BCUT2D eigenvalue weighted by molar-refractivity contribution is 9.10. The summed E-state index contributed by atoms with van der Waals surface area (Å²) < 4.78 is 1.03. The number of anilines is 1. The maximum atomic E-state index is 4.31. The molecule has 0 aliphatic heterocycles. The lowest BCUT2D eigenvalue weighted by molar-refractivity contribution is 0.361. The molecule has 0 aromatic carbocycles. The summed E-state index contributed by atoms with van der Waals surface area (Å²) >= 11 is 3.38. The largest absolute Gasteiger partial charge is 0.370 e. The van der Waals surface area contributed by atoms with Crippen molar-refractivity contribution in [3.8, 4) is 0 Å². The molecule has 3 heteroatoms. The van der Waals surface area contributed by atoms with Gasteiger partial charge in [-0.3, -0.25) is 0 Å². The van der Waals surface area contributed by atoms with E-state index >= 15 is 0 Å². The van der Waals surface area contributed by atoms with Crippen LogP contribution in [-0.4, -0.2) is 11.5 Å². The summed E-state index contributed by atoms with van der Waals surface area (Å²) in [6.45, 7) is 3.41. The van der Waals surface area contributed by atoms with Gasteiger partial charge in [0.15, 0.2) is 0 Å². The summed E-state index contributed by atoms with van der Waals surface area (Å²) in [5, 5.41) is 3.42. The van der Waals surface area contributed by atoms with Gasteiger partial charge in [-0.2, -0.15) is 0 Å². The second-order valence-electron chi connectivity index (χ2n) is 4.73. The third-order valence-electron chi connectivity index (χ3n) is 3.23. The number of aromatic nitrogens is 1. The van der Waals surface area contributed by atoms with Crippen molar-refractivity contribution in [1.82, 2.24) is 4.98 Å². The van der Waals surface area contributed by atoms with Crippen LogP contribution in [0.4, 0.5) is 5.82 Å². The first-order valence-electron chi connectivity index (χ1n) is 5.53. The molecule has 2 rings (SSSR count). The van der Waals surface area contributed by atoms with E-state index in [4.69, 9.17) is 0 Å². The van der Waals surface area contributed by atoms with Crippen molar-refractivity contribution in [2.45, 2.75) is 32.6 Å². The standard InChI is InChI=1S/C12H17BrN2/c1-12(6-2-3-7-12)9-15-11-5-4-10(13)8-14-11/h4-5,8H,2-3,6-7,9H2,1H3,(H,14,15). The van der Waals surface area contributed by atoms with Crippen molar-refractivity contribution >= 4 is 21.7 Å². The molecule has 1 saturated carbocycles. The van der Waals surface area contributed by atoms with Gasteiger partial charge in [0.25, 0.3) is 0 Å². The second-order valence-corrected chi connectivity index (χ2v) is 5.65. The zero-order chi connectivity index (χ0) is 10.7. The summed E-state index contributed by atoms with van der Waals surface area (Å²) in [4.78, 5) is 4.31. The van der Waals surface area contributed by atoms with Crippen molar-refractivity contribution < 1.29 is 0 Å². The minimum absolute atomic E-state index is 0.481. The number of rotatable bonds is 3. The van der Waals surface area contributed by atoms with E-state index in [0.717, 1.165) is 16.8 Å². The van der Waals surface area contributed by atoms with Gasteiger partial charge in [0, 0.05) is 17.2 Å². The molecule has 0 saturated heterocycles. The molecule has 2 nitrogen and oxygen atoms in total. The normalized spacial score (nSPS) is 19.1. The Bertz CT molecular complexity index is 315. The molecule has 0 radical (unpaired) electrons. The Labute approximate surface area is 99.6 Å². The van der Waals surface area contributed by atoms with E-state index in [2.05, 4.69) is 33.2 Å². The molecule has 0 atom stereocenters. The summed E-state index contributed by atoms with van der Waals surface area (Å²) in [5.74, 6) is 0.978. The highest BCUT2D eigenvalue weighted by atomic mass is 79.9. The SMILES string of the molecule is CC1(CNc2ccc(Br)cn2)CCCC1. The van der Waals surface area contributed by atoms with Crippen LogP contribution in [0.2, 0.25) is 0 Å². The van der Waals surface area contributed by atoms with Gasteiger partial charge in [-0.15, -0.1) is 0 Å². The molecule has 15 heavy (non-hydrogen) atoms. The van der Waals surface area contributed by atoms with Crippen LogP contribution in [0.5, 0.6) is 0 Å². The summed E-state index contributed by atoms with van der Waals surface area (Å²) in [6.07, 6.45) is 7.28. The van der Waals surface area contributed by atoms with E-state index in [1.54, 1.807) is 0 Å². The van der Waals surface area contributed by atoms with Crippen molar-refractivity contribution in [3.63, 3.8) is 0 Å². The fourth-order valence-corrected chi connectivity index (χ4v) is 2.42. The first kappa shape index (κ1) is 10.9. The number of hydrogen-bond acceptors (Lipinski definition) is 2. The van der Waals surface area contributed by atoms with E-state index < -0.39 is 0 Å². The molecule has 1 aliphatic rings. The average molecular weight is 269 g/mol. The zero-order valence-electron chi connectivity index (χ0n) is 9.09. The van der Waals surface area contributed by atoms with E-state index in [9.17, 15) is 0 Å². The highest BCUT2D eigenvalue weighted by Gasteiger charge is 2.28. The van der Waals surface area contributed by atoms with Gasteiger partial charge >= 0.3 is 0 Å². The van der Waals surface area contributed by atoms with Crippen LogP contribution in [0.15, 0.2) is 22.8 Å². The number of nitrogens with zero attached hydrogens (tertiary/aromatic N) is 1. The molecule has 1 N–H and O–H groups in total. The molecule has 1 aliphatic carbocycles. The Morgan fingerprint density at radius 2 is 2.13 bits per heavy atom. The highest BCUT2D eigenvalue weighted by Crippen LogP contribution is 2.37. The average Bonchev–Trinajstić information content (AvgIpc) is 2.65. The van der Waals surface area contributed by atoms with E-state index in [0.29, 0.717) is 5.41 Å². The van der Waals surface area contributed by atoms with Crippen LogP contribution in [-0.2, 0) is 0 Å². The van der Waals surface area contributed by atoms with Crippen LogP contribution in [0.1, 0.15) is 32.6 Å². The number of halogens is 1. The first-order valence-corrected chi connectivity index (χ1v) is 6.33. The van der Waals surface area contributed by atoms with Crippen LogP contribution in [0.25, 0.3) is 0 Å². The van der Waals surface area contributed by atoms with Gasteiger partial charge in [-0.05, 0) is 46.3 Å². The van der Waals surface area contributed by atoms with Crippen molar-refractivity contribution in [2.24, 2.45) is 5.41 Å². The van der Waals surface area contributed by atoms with E-state index in [1.165, 1.54) is 25.7 Å². The second kappa shape index (κ2) is 4.52. The predicted octanol–water partition coefficient (Wildman–Crippen LogP) is 3.84. The van der Waals surface area contributed by atoms with Gasteiger partial charge in [-0.1, -0.05) is 19.8 Å². The Kier molecular flexibility index (Phi) is 3.29. The minimum Gasteiger partial charge on any atom is -0.370 e. The fourth-order valence-electron chi connectivity index (χ4n) is 2.19. The first-order chi connectivity index (χ1) is 7.18. The number of nitrogens with one attached hydrogen (secondary N) is 1. The number of pyridine rings is 1. The molecular formula is C12H17BrN2. The Morgan fingerprint density at radius 1 is 1.40 bits per heavy atom. The molecule has 1 heterocycles. The summed E-state index contributed by atoms with van der Waals surface area (Å²) in [7, 11) is 0. The van der Waals surface area contributed by atoms with E-state index in [1.807, 2.05) is 18.3 Å². The molecule has 1 aromatic heterocycles. The van der Waals surface area contributed by atoms with Crippen molar-refractivity contribution in [3.05, 3.63) is 22.8 Å². The van der Waals surface area contributed by atoms with Gasteiger partial charge < -0.3 is 5.32 Å². The van der Waals surface area contributed by atoms with Gasteiger partial charge in [0.05, 0.1) is 0 Å². The monoisotopic (exact) mass is 268 g/mol. The zero-order valence-corrected chi connectivity index (χ0v) is 10.7. The maximum absolute atomic E-state index is 4.31. The lowest BCUT2D eigenvalue weighted by Crippen LogP contribution is -2.23. The lowest BCUT2D eigenvalue weighted by atomic mass is 9.89. The molecule has 1 aromatic rings. The molecule has 0 bridgehead atoms. The van der Waals surface area contributed by atoms with E-state index in [-0.39, 0.29) is 0 Å². The van der Waals surface area contributed by atoms with Gasteiger partial charge in [-0.25, -0.2) is 4.98 Å². The fraction of sp³-hybridized carbons (Fsp3) is 0.583. The summed E-state index contributed by atoms with van der Waals surface area (Å²) in [6, 6.07) is 4.04. The van der Waals surface area contributed by atoms with Crippen LogP contribution < -0.4 is 5.32 Å². The smallest absolute Gasteiger partial charge is 0.125 e. The predicted molar refractivity (Wildman–Crippen MR) is 67.0 cm³/mol. The molecule has 1 fully saturated rings. The van der Waals surface area contributed by atoms with Crippen LogP contribution >= 0.6 is 15.9 Å². The number of hydrogen-bond donors (Lipinski definition) is 1. The summed E-state index contributed by atoms with van der Waals surface area (Å²) in [5.41, 5.74) is 0.481. The van der Waals surface area contributed by atoms with Crippen LogP contribution in [0.3, 0.4) is 0 Å². The quantitative estimate of drug-likeness (QED) is 0.901.